The zero-order valence-electron chi connectivity index (χ0n) is 27.5. The number of anilines is 1. The summed E-state index contributed by atoms with van der Waals surface area (Å²) in [5, 5.41) is 26.2. The summed E-state index contributed by atoms with van der Waals surface area (Å²) in [5.74, 6) is -0.548. The van der Waals surface area contributed by atoms with Crippen molar-refractivity contribution in [3.8, 4) is 22.5 Å². The van der Waals surface area contributed by atoms with Gasteiger partial charge in [-0.15, -0.1) is 0 Å². The van der Waals surface area contributed by atoms with Gasteiger partial charge in [0.2, 0.25) is 5.36 Å². The first kappa shape index (κ1) is 31.4. The minimum atomic E-state index is -1.26. The van der Waals surface area contributed by atoms with Gasteiger partial charge in [-0.3, -0.25) is 10.1 Å². The molecule has 0 aromatic heterocycles. The number of hydrogen-bond acceptors (Lipinski definition) is 6. The third kappa shape index (κ3) is 6.10. The van der Waals surface area contributed by atoms with Crippen molar-refractivity contribution in [1.82, 2.24) is 4.58 Å². The highest BCUT2D eigenvalue weighted by Gasteiger charge is 2.23. The van der Waals surface area contributed by atoms with Crippen LogP contribution in [0.4, 0.5) is 11.4 Å². The van der Waals surface area contributed by atoms with Crippen LogP contribution in [-0.2, 0) is 0 Å². The summed E-state index contributed by atoms with van der Waals surface area (Å²) in [6.07, 6.45) is 10.8. The summed E-state index contributed by atoms with van der Waals surface area (Å²) in [4.78, 5) is 26.2. The van der Waals surface area contributed by atoms with Crippen LogP contribution >= 0.6 is 0 Å². The molecule has 7 rings (SSSR count). The third-order valence-electron chi connectivity index (χ3n) is 9.83. The maximum Gasteiger partial charge on any atom is 0.275 e. The van der Waals surface area contributed by atoms with Crippen LogP contribution in [0.2, 0.25) is 0 Å². The van der Waals surface area contributed by atoms with E-state index < -0.39 is 5.97 Å². The summed E-state index contributed by atoms with van der Waals surface area (Å²) >= 11 is 0. The Morgan fingerprint density at radius 2 is 1.50 bits per heavy atom. The Morgan fingerprint density at radius 1 is 0.812 bits per heavy atom. The average Bonchev–Trinajstić information content (AvgIpc) is 3.09. The van der Waals surface area contributed by atoms with Gasteiger partial charge in [-0.2, -0.15) is 0 Å². The van der Waals surface area contributed by atoms with E-state index in [1.807, 2.05) is 24.3 Å². The Morgan fingerprint density at radius 3 is 2.21 bits per heavy atom. The van der Waals surface area contributed by atoms with Gasteiger partial charge in [-0.1, -0.05) is 24.3 Å². The summed E-state index contributed by atoms with van der Waals surface area (Å²) in [7, 11) is 0. The van der Waals surface area contributed by atoms with Gasteiger partial charge in [0.25, 0.3) is 5.69 Å². The molecule has 2 fully saturated rings. The molecule has 48 heavy (non-hydrogen) atoms. The SMILES string of the molecule is Cc1cc(/C=C\c2ccc(-c3c4ccc(=[N+]5CCCCC5)cc-4oc4cc(N5CCCCC5)ccc34)c(C(=O)[O-])c2)cc(C)c1[N+](=O)[O-]. The van der Waals surface area contributed by atoms with Crippen molar-refractivity contribution in [1.29, 1.82) is 0 Å². The quantitative estimate of drug-likeness (QED) is 0.0638. The molecule has 0 spiro atoms. The number of nitro benzene ring substituents is 1. The summed E-state index contributed by atoms with van der Waals surface area (Å²) in [6, 6.07) is 21.5. The molecule has 0 radical (unpaired) electrons. The summed E-state index contributed by atoms with van der Waals surface area (Å²) in [5.41, 5.74) is 6.86. The topological polar surface area (TPSA) is 103 Å². The van der Waals surface area contributed by atoms with Gasteiger partial charge in [0.15, 0.2) is 0 Å². The number of carbonyl (C=O) groups is 1. The molecule has 244 valence electrons. The van der Waals surface area contributed by atoms with E-state index in [1.54, 1.807) is 32.0 Å². The van der Waals surface area contributed by atoms with Gasteiger partial charge < -0.3 is 19.2 Å². The molecule has 3 aliphatic heterocycles. The molecule has 8 heteroatoms. The lowest BCUT2D eigenvalue weighted by Crippen LogP contribution is -2.34. The van der Waals surface area contributed by atoms with E-state index in [-0.39, 0.29) is 16.2 Å². The number of aromatic carboxylic acids is 1. The second-order valence-electron chi connectivity index (χ2n) is 13.1. The second kappa shape index (κ2) is 13.1. The van der Waals surface area contributed by atoms with Crippen molar-refractivity contribution in [2.75, 3.05) is 31.1 Å². The number of nitrogens with zero attached hydrogens (tertiary/aromatic N) is 3. The molecular formula is C40H39N3O5. The van der Waals surface area contributed by atoms with Crippen LogP contribution in [0.5, 0.6) is 0 Å². The lowest BCUT2D eigenvalue weighted by atomic mass is 9.89. The number of aryl methyl sites for hydroxylation is 2. The number of carbonyl (C=O) groups excluding carboxylic acids is 1. The molecule has 3 aromatic rings. The van der Waals surface area contributed by atoms with E-state index in [0.29, 0.717) is 33.6 Å². The first-order valence-electron chi connectivity index (χ1n) is 16.9. The first-order valence-corrected chi connectivity index (χ1v) is 16.9. The number of carboxylic acids is 1. The van der Waals surface area contributed by atoms with Crippen molar-refractivity contribution in [3.05, 3.63) is 110 Å². The van der Waals surface area contributed by atoms with Crippen LogP contribution in [0.25, 0.3) is 45.6 Å². The standard InChI is InChI=1S/C40H39N3O5/c1-26-21-29(22-27(2)39(26)43(46)47)10-9-28-11-14-32(35(23-28)40(44)45)38-33-15-12-30(41-17-5-3-6-18-41)24-36(33)48-37-25-31(13-16-34(37)38)42-19-7-4-8-20-42/h9-16,21-25H,3-8,17-20H2,1-2H3/b10-9-. The minimum Gasteiger partial charge on any atom is -0.545 e. The van der Waals surface area contributed by atoms with E-state index in [4.69, 9.17) is 4.42 Å². The number of fused-ring (bicyclic) bond motifs is 2. The Kier molecular flexibility index (Phi) is 8.56. The van der Waals surface area contributed by atoms with Gasteiger partial charge in [-0.05, 0) is 92.6 Å². The molecule has 0 N–H and O–H groups in total. The number of hydrogen-bond donors (Lipinski definition) is 0. The molecule has 0 unspecified atom stereocenters. The molecule has 0 amide bonds. The van der Waals surface area contributed by atoms with Crippen molar-refractivity contribution in [3.63, 3.8) is 0 Å². The van der Waals surface area contributed by atoms with Crippen molar-refractivity contribution in [2.24, 2.45) is 0 Å². The molecule has 0 bridgehead atoms. The number of piperidine rings is 2. The van der Waals surface area contributed by atoms with E-state index in [9.17, 15) is 20.0 Å². The highest BCUT2D eigenvalue weighted by Crippen LogP contribution is 2.42. The molecule has 2 saturated heterocycles. The third-order valence-corrected chi connectivity index (χ3v) is 9.83. The largest absolute Gasteiger partial charge is 0.545 e. The lowest BCUT2D eigenvalue weighted by Gasteiger charge is -2.29. The molecule has 8 nitrogen and oxygen atoms in total. The van der Waals surface area contributed by atoms with Crippen LogP contribution in [0.3, 0.4) is 0 Å². The molecular weight excluding hydrogens is 602 g/mol. The Labute approximate surface area is 279 Å². The van der Waals surface area contributed by atoms with Gasteiger partial charge in [0.05, 0.1) is 17.0 Å². The predicted octanol–water partition coefficient (Wildman–Crippen LogP) is 7.21. The molecule has 4 aliphatic rings. The fourth-order valence-corrected chi connectivity index (χ4v) is 7.47. The van der Waals surface area contributed by atoms with Crippen LogP contribution in [0, 0.1) is 24.0 Å². The first-order chi connectivity index (χ1) is 23.3. The molecule has 1 aliphatic carbocycles. The fraction of sp³-hybridized carbons (Fsp3) is 0.300. The number of benzene rings is 4. The second-order valence-corrected chi connectivity index (χ2v) is 13.1. The zero-order chi connectivity index (χ0) is 33.4. The highest BCUT2D eigenvalue weighted by molar-refractivity contribution is 6.07. The van der Waals surface area contributed by atoms with Crippen molar-refractivity contribution < 1.29 is 19.2 Å². The highest BCUT2D eigenvalue weighted by atomic mass is 16.6. The van der Waals surface area contributed by atoms with Crippen LogP contribution in [-0.4, -0.2) is 37.1 Å². The number of rotatable bonds is 6. The molecule has 3 heterocycles. The predicted molar refractivity (Wildman–Crippen MR) is 189 cm³/mol. The Hall–Kier alpha value is -5.24. The van der Waals surface area contributed by atoms with Gasteiger partial charge in [0, 0.05) is 77.0 Å². The normalized spacial score (nSPS) is 15.5. The van der Waals surface area contributed by atoms with E-state index in [0.717, 1.165) is 85.0 Å². The maximum absolute atomic E-state index is 12.8. The van der Waals surface area contributed by atoms with Crippen LogP contribution in [0.15, 0.2) is 71.1 Å². The number of carboxylic acid groups (broad SMARTS) is 1. The number of nitro groups is 1. The summed E-state index contributed by atoms with van der Waals surface area (Å²) < 4.78 is 9.05. The zero-order valence-corrected chi connectivity index (χ0v) is 27.5. The maximum atomic E-state index is 12.8. The fourth-order valence-electron chi connectivity index (χ4n) is 7.47. The Bertz CT molecular complexity index is 2110. The molecule has 0 atom stereocenters. The molecule has 0 saturated carbocycles. The smallest absolute Gasteiger partial charge is 0.275 e. The minimum absolute atomic E-state index is 0.0854. The van der Waals surface area contributed by atoms with E-state index in [1.165, 1.54) is 12.8 Å². The Balaban J connectivity index is 1.37. The molecule has 3 aromatic carbocycles. The van der Waals surface area contributed by atoms with Gasteiger partial charge in [-0.25, -0.2) is 4.58 Å². The summed E-state index contributed by atoms with van der Waals surface area (Å²) in [6.45, 7) is 7.47. The monoisotopic (exact) mass is 641 g/mol. The van der Waals surface area contributed by atoms with E-state index in [2.05, 4.69) is 45.9 Å². The average molecular weight is 642 g/mol. The van der Waals surface area contributed by atoms with Gasteiger partial charge >= 0.3 is 0 Å². The van der Waals surface area contributed by atoms with Gasteiger partial charge in [0.1, 0.15) is 24.4 Å². The van der Waals surface area contributed by atoms with E-state index >= 15 is 0 Å². The van der Waals surface area contributed by atoms with Crippen molar-refractivity contribution in [2.45, 2.75) is 52.4 Å². The van der Waals surface area contributed by atoms with Crippen LogP contribution in [0.1, 0.15) is 71.1 Å². The van der Waals surface area contributed by atoms with Crippen LogP contribution < -0.4 is 19.9 Å². The van der Waals surface area contributed by atoms with Crippen molar-refractivity contribution >= 4 is 40.5 Å². The lowest BCUT2D eigenvalue weighted by molar-refractivity contribution is -0.386.